The Bertz CT molecular complexity index is 719. The van der Waals surface area contributed by atoms with Crippen LogP contribution in [0.25, 0.3) is 16.2 Å². The van der Waals surface area contributed by atoms with Crippen LogP contribution >= 0.6 is 0 Å². The lowest BCUT2D eigenvalue weighted by molar-refractivity contribution is -0.114. The summed E-state index contributed by atoms with van der Waals surface area (Å²) in [7, 11) is 0.0622. The molecule has 2 heterocycles. The number of methoxy groups -OCH3 is 1. The van der Waals surface area contributed by atoms with Gasteiger partial charge in [-0.05, 0) is 17.7 Å². The van der Waals surface area contributed by atoms with Crippen LogP contribution in [0.5, 0.6) is 5.75 Å². The molecule has 1 aliphatic heterocycles. The van der Waals surface area contributed by atoms with Gasteiger partial charge in [0.15, 0.2) is 16.0 Å². The molecule has 20 heavy (non-hydrogen) atoms. The van der Waals surface area contributed by atoms with Crippen LogP contribution in [0.1, 0.15) is 0 Å². The second-order valence-corrected chi connectivity index (χ2v) is 5.28. The summed E-state index contributed by atoms with van der Waals surface area (Å²) in [4.78, 5) is 11.1. The first-order chi connectivity index (χ1) is 9.67. The van der Waals surface area contributed by atoms with Gasteiger partial charge in [-0.2, -0.15) is 5.10 Å². The fraction of sp³-hybridized carbons (Fsp3) is 0.0769. The predicted octanol–water partition coefficient (Wildman–Crippen LogP) is 1.15. The second kappa shape index (κ2) is 4.93. The minimum atomic E-state index is -1.55. The van der Waals surface area contributed by atoms with Gasteiger partial charge in [0, 0.05) is 17.8 Å². The molecular weight excluding hydrogens is 278 g/mol. The van der Waals surface area contributed by atoms with Crippen LogP contribution in [0.15, 0.2) is 42.7 Å². The Hall–Kier alpha value is -2.41. The SMILES string of the molecule is COc1ccc(-c2cnn(C3=CC(=O)NS3=O)c2)cc1. The van der Waals surface area contributed by atoms with Crippen molar-refractivity contribution in [2.24, 2.45) is 0 Å². The third-order valence-corrected chi connectivity index (χ3v) is 3.94. The molecule has 7 heteroatoms. The van der Waals surface area contributed by atoms with Crippen molar-refractivity contribution in [2.75, 3.05) is 7.11 Å². The standard InChI is InChI=1S/C13H11N3O3S/c1-19-11-4-2-9(3-5-11)10-7-14-16(8-10)13-6-12(17)15-20(13)18/h2-8H,1H3,(H,15,17). The third-order valence-electron chi connectivity index (χ3n) is 2.87. The summed E-state index contributed by atoms with van der Waals surface area (Å²) >= 11 is 0. The predicted molar refractivity (Wildman–Crippen MR) is 74.8 cm³/mol. The molecule has 0 fully saturated rings. The molecule has 0 bridgehead atoms. The lowest BCUT2D eigenvalue weighted by Gasteiger charge is -2.01. The van der Waals surface area contributed by atoms with Crippen molar-refractivity contribution >= 4 is 21.9 Å². The molecule has 6 nitrogen and oxygen atoms in total. The van der Waals surface area contributed by atoms with Crippen LogP contribution in [0.2, 0.25) is 0 Å². The van der Waals surface area contributed by atoms with Gasteiger partial charge in [-0.3, -0.25) is 9.52 Å². The molecule has 1 atom stereocenters. The number of rotatable bonds is 3. The number of benzene rings is 1. The minimum Gasteiger partial charge on any atom is -0.497 e. The third kappa shape index (κ3) is 2.23. The average Bonchev–Trinajstić information content (AvgIpc) is 3.05. The minimum absolute atomic E-state index is 0.328. The molecule has 1 aliphatic rings. The molecular formula is C13H11N3O3S. The highest BCUT2D eigenvalue weighted by molar-refractivity contribution is 7.93. The highest BCUT2D eigenvalue weighted by Gasteiger charge is 2.21. The van der Waals surface area contributed by atoms with E-state index in [2.05, 4.69) is 9.82 Å². The van der Waals surface area contributed by atoms with Crippen molar-refractivity contribution in [1.82, 2.24) is 14.5 Å². The van der Waals surface area contributed by atoms with Crippen molar-refractivity contribution < 1.29 is 13.7 Å². The zero-order chi connectivity index (χ0) is 14.1. The molecule has 0 saturated carbocycles. The quantitative estimate of drug-likeness (QED) is 0.920. The highest BCUT2D eigenvalue weighted by Crippen LogP contribution is 2.23. The van der Waals surface area contributed by atoms with Gasteiger partial charge in [0.2, 0.25) is 0 Å². The van der Waals surface area contributed by atoms with E-state index < -0.39 is 11.0 Å². The summed E-state index contributed by atoms with van der Waals surface area (Å²) in [5, 5.41) is 4.46. The maximum absolute atomic E-state index is 11.6. The van der Waals surface area contributed by atoms with E-state index in [0.29, 0.717) is 5.03 Å². The summed E-state index contributed by atoms with van der Waals surface area (Å²) in [6.45, 7) is 0. The van der Waals surface area contributed by atoms with Crippen molar-refractivity contribution in [2.45, 2.75) is 0 Å². The van der Waals surface area contributed by atoms with Gasteiger partial charge in [0.1, 0.15) is 5.75 Å². The lowest BCUT2D eigenvalue weighted by Crippen LogP contribution is -2.17. The molecule has 1 N–H and O–H groups in total. The van der Waals surface area contributed by atoms with Gasteiger partial charge in [-0.15, -0.1) is 0 Å². The maximum atomic E-state index is 11.6. The zero-order valence-corrected chi connectivity index (χ0v) is 11.4. The highest BCUT2D eigenvalue weighted by atomic mass is 32.2. The van der Waals surface area contributed by atoms with Crippen molar-refractivity contribution in [3.05, 3.63) is 42.7 Å². The molecule has 0 aliphatic carbocycles. The molecule has 0 radical (unpaired) electrons. The van der Waals surface area contributed by atoms with Gasteiger partial charge in [0.25, 0.3) is 5.91 Å². The number of carbonyl (C=O) groups excluding carboxylic acids is 1. The summed E-state index contributed by atoms with van der Waals surface area (Å²) in [6, 6.07) is 7.52. The Morgan fingerprint density at radius 1 is 1.25 bits per heavy atom. The van der Waals surface area contributed by atoms with Crippen LogP contribution in [0.4, 0.5) is 0 Å². The molecule has 1 unspecified atom stereocenters. The Labute approximate surface area is 117 Å². The molecule has 0 saturated heterocycles. The number of hydrogen-bond donors (Lipinski definition) is 1. The smallest absolute Gasteiger partial charge is 0.258 e. The van der Waals surface area contributed by atoms with Crippen molar-refractivity contribution in [3.63, 3.8) is 0 Å². The lowest BCUT2D eigenvalue weighted by atomic mass is 10.1. The second-order valence-electron chi connectivity index (χ2n) is 4.12. The number of ether oxygens (including phenoxy) is 1. The largest absolute Gasteiger partial charge is 0.497 e. The normalized spacial score (nSPS) is 17.8. The number of amides is 1. The number of carbonyl (C=O) groups is 1. The van der Waals surface area contributed by atoms with E-state index in [1.54, 1.807) is 19.5 Å². The van der Waals surface area contributed by atoms with E-state index in [4.69, 9.17) is 4.74 Å². The summed E-state index contributed by atoms with van der Waals surface area (Å²) in [6.07, 6.45) is 4.66. The fourth-order valence-corrected chi connectivity index (χ4v) is 2.70. The van der Waals surface area contributed by atoms with Crippen LogP contribution in [-0.2, 0) is 15.8 Å². The van der Waals surface area contributed by atoms with E-state index in [9.17, 15) is 9.00 Å². The van der Waals surface area contributed by atoms with Crippen molar-refractivity contribution in [1.29, 1.82) is 0 Å². The van der Waals surface area contributed by atoms with Gasteiger partial charge < -0.3 is 4.74 Å². The van der Waals surface area contributed by atoms with Gasteiger partial charge in [-0.25, -0.2) is 8.89 Å². The van der Waals surface area contributed by atoms with Crippen LogP contribution < -0.4 is 9.46 Å². The molecule has 102 valence electrons. The van der Waals surface area contributed by atoms with Crippen molar-refractivity contribution in [3.8, 4) is 16.9 Å². The molecule has 2 aromatic rings. The van der Waals surface area contributed by atoms with E-state index in [1.165, 1.54) is 10.8 Å². The summed E-state index contributed by atoms with van der Waals surface area (Å²) in [5.41, 5.74) is 1.82. The van der Waals surface area contributed by atoms with Crippen LogP contribution in [0.3, 0.4) is 0 Å². The summed E-state index contributed by atoms with van der Waals surface area (Å²) in [5.74, 6) is 0.398. The van der Waals surface area contributed by atoms with E-state index in [0.717, 1.165) is 16.9 Å². The van der Waals surface area contributed by atoms with Gasteiger partial charge in [0.05, 0.1) is 13.3 Å². The van der Waals surface area contributed by atoms with E-state index in [1.807, 2.05) is 24.3 Å². The van der Waals surface area contributed by atoms with E-state index >= 15 is 0 Å². The maximum Gasteiger partial charge on any atom is 0.258 e. The van der Waals surface area contributed by atoms with E-state index in [-0.39, 0.29) is 5.91 Å². The molecule has 1 aromatic heterocycles. The Morgan fingerprint density at radius 2 is 2.00 bits per heavy atom. The van der Waals surface area contributed by atoms with Crippen LogP contribution in [0, 0.1) is 0 Å². The number of nitrogens with zero attached hydrogens (tertiary/aromatic N) is 2. The van der Waals surface area contributed by atoms with Gasteiger partial charge in [-0.1, -0.05) is 12.1 Å². The Balaban J connectivity index is 1.92. The molecule has 0 spiro atoms. The fourth-order valence-electron chi connectivity index (χ4n) is 1.87. The number of hydrogen-bond acceptors (Lipinski definition) is 4. The zero-order valence-electron chi connectivity index (χ0n) is 10.6. The number of aromatic nitrogens is 2. The monoisotopic (exact) mass is 289 g/mol. The topological polar surface area (TPSA) is 73.2 Å². The van der Waals surface area contributed by atoms with Crippen LogP contribution in [-0.4, -0.2) is 27.0 Å². The molecule has 1 aromatic carbocycles. The summed E-state index contributed by atoms with van der Waals surface area (Å²) < 4.78 is 20.5. The Morgan fingerprint density at radius 3 is 2.60 bits per heavy atom. The number of nitrogens with one attached hydrogen (secondary N) is 1. The Kier molecular flexibility index (Phi) is 3.11. The first kappa shape index (κ1) is 12.6. The average molecular weight is 289 g/mol. The first-order valence-corrected chi connectivity index (χ1v) is 6.96. The first-order valence-electron chi connectivity index (χ1n) is 5.81. The molecule has 3 rings (SSSR count). The van der Waals surface area contributed by atoms with Gasteiger partial charge >= 0.3 is 0 Å². The molecule has 1 amide bonds.